The van der Waals surface area contributed by atoms with Gasteiger partial charge in [-0.25, -0.2) is 0 Å². The van der Waals surface area contributed by atoms with E-state index in [2.05, 4.69) is 28.4 Å². The molecule has 4 rings (SSSR count). The van der Waals surface area contributed by atoms with Crippen LogP contribution in [0.15, 0.2) is 42.5 Å². The van der Waals surface area contributed by atoms with E-state index in [-0.39, 0.29) is 5.91 Å². The van der Waals surface area contributed by atoms with E-state index in [9.17, 15) is 4.79 Å². The van der Waals surface area contributed by atoms with Crippen molar-refractivity contribution in [1.82, 2.24) is 10.2 Å². The number of ether oxygens (including phenoxy) is 1. The number of nitrogens with one attached hydrogen (secondary N) is 1. The van der Waals surface area contributed by atoms with Gasteiger partial charge in [-0.2, -0.15) is 0 Å². The SMILES string of the molecule is CNC(=O)c1ccc(Oc2ccc3c(c2)CCN(C2CCC2)CC3)cc1. The second-order valence-electron chi connectivity index (χ2n) is 7.26. The van der Waals surface area contributed by atoms with Crippen molar-refractivity contribution in [3.8, 4) is 11.5 Å². The number of carbonyl (C=O) groups is 1. The molecule has 2 aromatic carbocycles. The summed E-state index contributed by atoms with van der Waals surface area (Å²) in [6.45, 7) is 2.33. The molecule has 0 bridgehead atoms. The lowest BCUT2D eigenvalue weighted by molar-refractivity contribution is 0.0963. The first kappa shape index (κ1) is 17.1. The molecule has 0 spiro atoms. The van der Waals surface area contributed by atoms with Gasteiger partial charge in [0.05, 0.1) is 0 Å². The van der Waals surface area contributed by atoms with Gasteiger partial charge in [-0.05, 0) is 73.2 Å². The standard InChI is InChI=1S/C22H26N2O2/c1-23-22(25)17-6-8-20(9-7-17)26-21-10-5-16-11-13-24(19-3-2-4-19)14-12-18(16)15-21/h5-10,15,19H,2-4,11-14H2,1H3,(H,23,25). The van der Waals surface area contributed by atoms with Gasteiger partial charge in [-0.1, -0.05) is 12.5 Å². The van der Waals surface area contributed by atoms with Crippen molar-refractivity contribution < 1.29 is 9.53 Å². The molecule has 136 valence electrons. The minimum absolute atomic E-state index is 0.0856. The smallest absolute Gasteiger partial charge is 0.251 e. The van der Waals surface area contributed by atoms with Crippen LogP contribution in [-0.4, -0.2) is 37.0 Å². The summed E-state index contributed by atoms with van der Waals surface area (Å²) in [6.07, 6.45) is 6.36. The third-order valence-electron chi connectivity index (χ3n) is 5.68. The van der Waals surface area contributed by atoms with Crippen molar-refractivity contribution in [2.24, 2.45) is 0 Å². The average Bonchev–Trinajstić information content (AvgIpc) is 2.83. The van der Waals surface area contributed by atoms with E-state index in [1.807, 2.05) is 12.1 Å². The highest BCUT2D eigenvalue weighted by Gasteiger charge is 2.26. The van der Waals surface area contributed by atoms with E-state index < -0.39 is 0 Å². The monoisotopic (exact) mass is 350 g/mol. The fourth-order valence-electron chi connectivity index (χ4n) is 3.85. The Morgan fingerprint density at radius 1 is 1.00 bits per heavy atom. The number of benzene rings is 2. The highest BCUT2D eigenvalue weighted by atomic mass is 16.5. The van der Waals surface area contributed by atoms with E-state index >= 15 is 0 Å². The first-order valence-electron chi connectivity index (χ1n) is 9.59. The van der Waals surface area contributed by atoms with Gasteiger partial charge in [0.1, 0.15) is 11.5 Å². The minimum Gasteiger partial charge on any atom is -0.457 e. The molecule has 2 aliphatic rings. The van der Waals surface area contributed by atoms with Crippen LogP contribution in [0.2, 0.25) is 0 Å². The molecule has 0 saturated heterocycles. The van der Waals surface area contributed by atoms with Gasteiger partial charge in [0.25, 0.3) is 5.91 Å². The molecule has 4 nitrogen and oxygen atoms in total. The van der Waals surface area contributed by atoms with Crippen molar-refractivity contribution >= 4 is 5.91 Å². The highest BCUT2D eigenvalue weighted by Crippen LogP contribution is 2.30. The summed E-state index contributed by atoms with van der Waals surface area (Å²) in [6, 6.07) is 14.5. The molecule has 4 heteroatoms. The van der Waals surface area contributed by atoms with E-state index in [1.54, 1.807) is 19.2 Å². The van der Waals surface area contributed by atoms with Gasteiger partial charge >= 0.3 is 0 Å². The second-order valence-corrected chi connectivity index (χ2v) is 7.26. The molecule has 0 unspecified atom stereocenters. The molecule has 1 saturated carbocycles. The Morgan fingerprint density at radius 3 is 2.35 bits per heavy atom. The zero-order chi connectivity index (χ0) is 17.9. The van der Waals surface area contributed by atoms with Crippen LogP contribution in [0.3, 0.4) is 0 Å². The molecule has 1 N–H and O–H groups in total. The van der Waals surface area contributed by atoms with E-state index in [1.165, 1.54) is 36.9 Å². The normalized spacial score (nSPS) is 17.7. The zero-order valence-electron chi connectivity index (χ0n) is 15.3. The Morgan fingerprint density at radius 2 is 1.69 bits per heavy atom. The van der Waals surface area contributed by atoms with E-state index in [4.69, 9.17) is 4.74 Å². The molecule has 2 aromatic rings. The fourth-order valence-corrected chi connectivity index (χ4v) is 3.85. The molecule has 0 radical (unpaired) electrons. The Labute approximate surface area is 155 Å². The van der Waals surface area contributed by atoms with Gasteiger partial charge in [0.15, 0.2) is 0 Å². The maximum absolute atomic E-state index is 11.6. The number of hydrogen-bond donors (Lipinski definition) is 1. The molecule has 1 amide bonds. The summed E-state index contributed by atoms with van der Waals surface area (Å²) >= 11 is 0. The summed E-state index contributed by atoms with van der Waals surface area (Å²) in [5, 5.41) is 2.63. The highest BCUT2D eigenvalue weighted by molar-refractivity contribution is 5.94. The second kappa shape index (κ2) is 7.50. The molecule has 1 aliphatic heterocycles. The Balaban J connectivity index is 1.44. The molecular formula is C22H26N2O2. The molecule has 0 aromatic heterocycles. The van der Waals surface area contributed by atoms with Crippen molar-refractivity contribution in [1.29, 1.82) is 0 Å². The average molecular weight is 350 g/mol. The van der Waals surface area contributed by atoms with Crippen LogP contribution in [-0.2, 0) is 12.8 Å². The first-order valence-corrected chi connectivity index (χ1v) is 9.59. The van der Waals surface area contributed by atoms with Crippen LogP contribution in [0.1, 0.15) is 40.7 Å². The first-order chi connectivity index (χ1) is 12.7. The number of fused-ring (bicyclic) bond motifs is 1. The molecule has 26 heavy (non-hydrogen) atoms. The summed E-state index contributed by atoms with van der Waals surface area (Å²) < 4.78 is 6.01. The lowest BCUT2D eigenvalue weighted by Gasteiger charge is -2.36. The third kappa shape index (κ3) is 3.61. The van der Waals surface area contributed by atoms with Gasteiger partial charge < -0.3 is 10.1 Å². The van der Waals surface area contributed by atoms with Crippen LogP contribution in [0.4, 0.5) is 0 Å². The fraction of sp³-hybridized carbons (Fsp3) is 0.409. The third-order valence-corrected chi connectivity index (χ3v) is 5.68. The summed E-state index contributed by atoms with van der Waals surface area (Å²) in [4.78, 5) is 14.3. The number of hydrogen-bond acceptors (Lipinski definition) is 3. The van der Waals surface area contributed by atoms with Crippen LogP contribution in [0.25, 0.3) is 0 Å². The predicted molar refractivity (Wildman–Crippen MR) is 103 cm³/mol. The Bertz CT molecular complexity index is 781. The molecule has 1 aliphatic carbocycles. The number of nitrogens with zero attached hydrogens (tertiary/aromatic N) is 1. The van der Waals surface area contributed by atoms with Crippen LogP contribution >= 0.6 is 0 Å². The predicted octanol–water partition coefficient (Wildman–Crippen LogP) is 3.79. The maximum atomic E-state index is 11.6. The van der Waals surface area contributed by atoms with Crippen molar-refractivity contribution in [2.45, 2.75) is 38.1 Å². The number of carbonyl (C=O) groups excluding carboxylic acids is 1. The van der Waals surface area contributed by atoms with Gasteiger partial charge in [-0.15, -0.1) is 0 Å². The summed E-state index contributed by atoms with van der Waals surface area (Å²) in [7, 11) is 1.63. The van der Waals surface area contributed by atoms with Crippen LogP contribution in [0, 0.1) is 0 Å². The van der Waals surface area contributed by atoms with Gasteiger partial charge in [-0.3, -0.25) is 9.69 Å². The topological polar surface area (TPSA) is 41.6 Å². The van der Waals surface area contributed by atoms with Crippen LogP contribution in [0.5, 0.6) is 11.5 Å². The largest absolute Gasteiger partial charge is 0.457 e. The van der Waals surface area contributed by atoms with E-state index in [0.29, 0.717) is 5.56 Å². The Kier molecular flexibility index (Phi) is 4.93. The summed E-state index contributed by atoms with van der Waals surface area (Å²) in [5.74, 6) is 1.54. The van der Waals surface area contributed by atoms with Gasteiger partial charge in [0, 0.05) is 31.7 Å². The number of amides is 1. The van der Waals surface area contributed by atoms with Crippen LogP contribution < -0.4 is 10.1 Å². The summed E-state index contributed by atoms with van der Waals surface area (Å²) in [5.41, 5.74) is 3.50. The molecular weight excluding hydrogens is 324 g/mol. The number of rotatable bonds is 4. The molecule has 0 atom stereocenters. The molecule has 1 heterocycles. The molecule has 1 fully saturated rings. The van der Waals surface area contributed by atoms with Crippen molar-refractivity contribution in [3.63, 3.8) is 0 Å². The van der Waals surface area contributed by atoms with Crippen molar-refractivity contribution in [2.75, 3.05) is 20.1 Å². The maximum Gasteiger partial charge on any atom is 0.251 e. The lowest BCUT2D eigenvalue weighted by atomic mass is 9.91. The van der Waals surface area contributed by atoms with E-state index in [0.717, 1.165) is 36.9 Å². The van der Waals surface area contributed by atoms with Gasteiger partial charge in [0.2, 0.25) is 0 Å². The quantitative estimate of drug-likeness (QED) is 0.912. The lowest BCUT2D eigenvalue weighted by Crippen LogP contribution is -2.41. The van der Waals surface area contributed by atoms with Crippen molar-refractivity contribution in [3.05, 3.63) is 59.2 Å². The minimum atomic E-state index is -0.0856. The Hall–Kier alpha value is -2.33. The zero-order valence-corrected chi connectivity index (χ0v) is 15.3.